The van der Waals surface area contributed by atoms with Gasteiger partial charge in [-0.15, -0.1) is 18.2 Å². The van der Waals surface area contributed by atoms with E-state index in [-0.39, 0.29) is 11.6 Å². The lowest BCUT2D eigenvalue weighted by Crippen LogP contribution is -2.02. The molecule has 0 unspecified atom stereocenters. The number of nitro groups is 1. The van der Waals surface area contributed by atoms with Crippen molar-refractivity contribution in [1.29, 1.82) is 0 Å². The first-order chi connectivity index (χ1) is 11.0. The highest BCUT2D eigenvalue weighted by atomic mass is 35.5. The summed E-state index contributed by atoms with van der Waals surface area (Å²) < 4.78 is 2.01. The lowest BCUT2D eigenvalue weighted by Gasteiger charge is -2.11. The van der Waals surface area contributed by atoms with Crippen molar-refractivity contribution in [3.05, 3.63) is 58.6 Å². The first-order valence-electron chi connectivity index (χ1n) is 7.16. The Kier molecular flexibility index (Phi) is 5.85. The van der Waals surface area contributed by atoms with Crippen LogP contribution >= 0.6 is 23.4 Å². The van der Waals surface area contributed by atoms with Gasteiger partial charge in [-0.25, -0.2) is 4.98 Å². The Bertz CT molecular complexity index is 728. The summed E-state index contributed by atoms with van der Waals surface area (Å²) in [4.78, 5) is 16.0. The molecule has 1 aromatic carbocycles. The summed E-state index contributed by atoms with van der Waals surface area (Å²) in [5.74, 6) is 1.32. The maximum Gasteiger partial charge on any atom is 0.270 e. The molecule has 23 heavy (non-hydrogen) atoms. The van der Waals surface area contributed by atoms with E-state index in [2.05, 4.69) is 25.4 Å². The first kappa shape index (κ1) is 17.6. The molecular weight excluding hydrogens is 334 g/mol. The molecule has 0 fully saturated rings. The predicted molar refractivity (Wildman–Crippen MR) is 93.3 cm³/mol. The second kappa shape index (κ2) is 7.66. The number of allylic oxidation sites excluding steroid dienone is 1. The fourth-order valence-corrected chi connectivity index (χ4v) is 3.61. The molecule has 0 spiro atoms. The number of nitrogens with zero attached hydrogens (tertiary/aromatic N) is 3. The van der Waals surface area contributed by atoms with Crippen LogP contribution in [0.4, 0.5) is 5.69 Å². The topological polar surface area (TPSA) is 61.0 Å². The van der Waals surface area contributed by atoms with Crippen molar-refractivity contribution in [2.45, 2.75) is 42.1 Å². The first-order valence-corrected chi connectivity index (χ1v) is 8.51. The van der Waals surface area contributed by atoms with Gasteiger partial charge in [0.2, 0.25) is 0 Å². The normalized spacial score (nSPS) is 11.0. The second-order valence-corrected chi connectivity index (χ2v) is 6.59. The van der Waals surface area contributed by atoms with Crippen molar-refractivity contribution in [2.75, 3.05) is 0 Å². The standard InChI is InChI=1S/C16H18ClN3O2S/c1-4-8-19-14(10-17)18-15(11(2)3)16(19)23-13-7-5-6-12(9-13)20(21)22/h4-7,9,11H,1,8,10H2,2-3H3. The smallest absolute Gasteiger partial charge is 0.270 e. The molecule has 1 aromatic heterocycles. The van der Waals surface area contributed by atoms with Crippen molar-refractivity contribution in [3.63, 3.8) is 0 Å². The highest BCUT2D eigenvalue weighted by Gasteiger charge is 2.20. The van der Waals surface area contributed by atoms with E-state index in [0.29, 0.717) is 12.4 Å². The number of imidazole rings is 1. The third kappa shape index (κ3) is 3.95. The van der Waals surface area contributed by atoms with Crippen LogP contribution in [0.25, 0.3) is 0 Å². The summed E-state index contributed by atoms with van der Waals surface area (Å²) in [7, 11) is 0. The number of rotatable bonds is 7. The largest absolute Gasteiger partial charge is 0.318 e. The summed E-state index contributed by atoms with van der Waals surface area (Å²) in [6, 6.07) is 6.60. The fraction of sp³-hybridized carbons (Fsp3) is 0.312. The SMILES string of the molecule is C=CCn1c(CCl)nc(C(C)C)c1Sc1cccc([N+](=O)[O-])c1. The minimum Gasteiger partial charge on any atom is -0.318 e. The van der Waals surface area contributed by atoms with Gasteiger partial charge in [-0.1, -0.05) is 37.8 Å². The number of hydrogen-bond donors (Lipinski definition) is 0. The maximum absolute atomic E-state index is 10.9. The van der Waals surface area contributed by atoms with Crippen LogP contribution in [-0.4, -0.2) is 14.5 Å². The Morgan fingerprint density at radius 2 is 2.26 bits per heavy atom. The molecule has 122 valence electrons. The van der Waals surface area contributed by atoms with E-state index < -0.39 is 4.92 Å². The van der Waals surface area contributed by atoms with Crippen LogP contribution in [0.3, 0.4) is 0 Å². The zero-order valence-corrected chi connectivity index (χ0v) is 14.6. The van der Waals surface area contributed by atoms with E-state index in [9.17, 15) is 10.1 Å². The summed E-state index contributed by atoms with van der Waals surface area (Å²) in [5, 5.41) is 11.9. The molecule has 5 nitrogen and oxygen atoms in total. The quantitative estimate of drug-likeness (QED) is 0.305. The van der Waals surface area contributed by atoms with Crippen LogP contribution in [-0.2, 0) is 12.4 Å². The molecule has 2 aromatic rings. The van der Waals surface area contributed by atoms with E-state index in [1.807, 2.05) is 10.6 Å². The van der Waals surface area contributed by atoms with Gasteiger partial charge in [-0.3, -0.25) is 10.1 Å². The van der Waals surface area contributed by atoms with Gasteiger partial charge < -0.3 is 4.57 Å². The third-order valence-electron chi connectivity index (χ3n) is 3.25. The molecule has 0 saturated heterocycles. The summed E-state index contributed by atoms with van der Waals surface area (Å²) in [5.41, 5.74) is 1.02. The molecular formula is C16H18ClN3O2S. The maximum atomic E-state index is 10.9. The van der Waals surface area contributed by atoms with E-state index in [1.165, 1.54) is 17.8 Å². The van der Waals surface area contributed by atoms with Gasteiger partial charge in [0.05, 0.1) is 16.5 Å². The Hall–Kier alpha value is -1.79. The minimum atomic E-state index is -0.390. The van der Waals surface area contributed by atoms with Crippen molar-refractivity contribution < 1.29 is 4.92 Å². The van der Waals surface area contributed by atoms with E-state index in [4.69, 9.17) is 11.6 Å². The van der Waals surface area contributed by atoms with Crippen molar-refractivity contribution in [3.8, 4) is 0 Å². The van der Waals surface area contributed by atoms with Gasteiger partial charge in [0.15, 0.2) is 0 Å². The van der Waals surface area contributed by atoms with Gasteiger partial charge >= 0.3 is 0 Å². The van der Waals surface area contributed by atoms with Gasteiger partial charge in [0.25, 0.3) is 5.69 Å². The molecule has 0 saturated carbocycles. The number of aromatic nitrogens is 2. The number of hydrogen-bond acceptors (Lipinski definition) is 4. The van der Waals surface area contributed by atoms with E-state index in [1.54, 1.807) is 18.2 Å². The molecule has 2 rings (SSSR count). The third-order valence-corrected chi connectivity index (χ3v) is 4.60. The molecule has 0 atom stereocenters. The van der Waals surface area contributed by atoms with E-state index in [0.717, 1.165) is 21.4 Å². The van der Waals surface area contributed by atoms with Crippen molar-refractivity contribution in [2.24, 2.45) is 0 Å². The van der Waals surface area contributed by atoms with Gasteiger partial charge in [0.1, 0.15) is 10.9 Å². The minimum absolute atomic E-state index is 0.0773. The highest BCUT2D eigenvalue weighted by molar-refractivity contribution is 7.99. The van der Waals surface area contributed by atoms with Gasteiger partial charge in [0, 0.05) is 23.6 Å². The second-order valence-electron chi connectivity index (χ2n) is 5.26. The average molecular weight is 352 g/mol. The van der Waals surface area contributed by atoms with Crippen molar-refractivity contribution >= 4 is 29.1 Å². The van der Waals surface area contributed by atoms with Crippen LogP contribution in [0.1, 0.15) is 31.3 Å². The van der Waals surface area contributed by atoms with Crippen LogP contribution in [0.2, 0.25) is 0 Å². The molecule has 7 heteroatoms. The Morgan fingerprint density at radius 3 is 2.83 bits per heavy atom. The predicted octanol–water partition coefficient (Wildman–Crippen LogP) is 4.99. The Labute approximate surface area is 144 Å². The number of nitro benzene ring substituents is 1. The average Bonchev–Trinajstić information content (AvgIpc) is 2.86. The number of halogens is 1. The number of benzene rings is 1. The summed E-state index contributed by atoms with van der Waals surface area (Å²) >= 11 is 7.48. The molecule has 0 aliphatic rings. The van der Waals surface area contributed by atoms with Crippen LogP contribution in [0.5, 0.6) is 0 Å². The molecule has 0 aliphatic carbocycles. The zero-order chi connectivity index (χ0) is 17.0. The molecule has 0 radical (unpaired) electrons. The lowest BCUT2D eigenvalue weighted by molar-refractivity contribution is -0.385. The number of non-ortho nitro benzene ring substituents is 1. The monoisotopic (exact) mass is 351 g/mol. The molecule has 0 amide bonds. The van der Waals surface area contributed by atoms with E-state index >= 15 is 0 Å². The van der Waals surface area contributed by atoms with Crippen LogP contribution in [0, 0.1) is 10.1 Å². The van der Waals surface area contributed by atoms with Crippen LogP contribution < -0.4 is 0 Å². The highest BCUT2D eigenvalue weighted by Crippen LogP contribution is 2.36. The summed E-state index contributed by atoms with van der Waals surface area (Å²) in [6.07, 6.45) is 1.79. The Morgan fingerprint density at radius 1 is 1.52 bits per heavy atom. The molecule has 0 N–H and O–H groups in total. The molecule has 0 bridgehead atoms. The molecule has 0 aliphatic heterocycles. The fourth-order valence-electron chi connectivity index (χ4n) is 2.18. The lowest BCUT2D eigenvalue weighted by atomic mass is 10.1. The Balaban J connectivity index is 2.48. The zero-order valence-electron chi connectivity index (χ0n) is 13.0. The van der Waals surface area contributed by atoms with Gasteiger partial charge in [-0.05, 0) is 12.0 Å². The summed E-state index contributed by atoms with van der Waals surface area (Å²) in [6.45, 7) is 8.51. The molecule has 1 heterocycles. The van der Waals surface area contributed by atoms with Crippen LogP contribution in [0.15, 0.2) is 46.8 Å². The van der Waals surface area contributed by atoms with Crippen molar-refractivity contribution in [1.82, 2.24) is 9.55 Å². The van der Waals surface area contributed by atoms with Gasteiger partial charge in [-0.2, -0.15) is 0 Å². The number of alkyl halides is 1.